The number of carbonyl (C=O) groups is 2. The Labute approximate surface area is 126 Å². The fraction of sp³-hybridized carbons (Fsp3) is 0.214. The van der Waals surface area contributed by atoms with Crippen molar-refractivity contribution in [1.29, 1.82) is 0 Å². The van der Waals surface area contributed by atoms with Gasteiger partial charge in [-0.3, -0.25) is 15.0 Å². The highest BCUT2D eigenvalue weighted by atomic mass is 16.5. The van der Waals surface area contributed by atoms with Gasteiger partial charge in [-0.05, 0) is 19.1 Å². The molecule has 1 fully saturated rings. The Kier molecular flexibility index (Phi) is 4.97. The van der Waals surface area contributed by atoms with Crippen LogP contribution in [0.25, 0.3) is 0 Å². The summed E-state index contributed by atoms with van der Waals surface area (Å²) in [6.07, 6.45) is 2.65. The van der Waals surface area contributed by atoms with Gasteiger partial charge in [-0.1, -0.05) is 6.07 Å². The summed E-state index contributed by atoms with van der Waals surface area (Å²) < 4.78 is 5.25. The van der Waals surface area contributed by atoms with Gasteiger partial charge < -0.3 is 15.3 Å². The Morgan fingerprint density at radius 2 is 2.32 bits per heavy atom. The first-order chi connectivity index (χ1) is 10.6. The van der Waals surface area contributed by atoms with E-state index >= 15 is 0 Å². The summed E-state index contributed by atoms with van der Waals surface area (Å²) in [5.74, 6) is -0.400. The van der Waals surface area contributed by atoms with E-state index in [1.54, 1.807) is 18.2 Å². The van der Waals surface area contributed by atoms with Gasteiger partial charge in [-0.25, -0.2) is 5.43 Å². The third kappa shape index (κ3) is 3.98. The van der Waals surface area contributed by atoms with E-state index in [1.165, 1.54) is 12.3 Å². The van der Waals surface area contributed by atoms with Gasteiger partial charge in [0.1, 0.15) is 0 Å². The predicted molar refractivity (Wildman–Crippen MR) is 79.0 cm³/mol. The molecule has 0 aromatic heterocycles. The van der Waals surface area contributed by atoms with Gasteiger partial charge in [0, 0.05) is 17.3 Å². The molecule has 2 amide bonds. The highest BCUT2D eigenvalue weighted by Crippen LogP contribution is 2.28. The largest absolute Gasteiger partial charge is 0.504 e. The van der Waals surface area contributed by atoms with Crippen molar-refractivity contribution in [3.8, 4) is 11.5 Å². The standard InChI is InChI=1S/C14H16N4O4/c1-2-22-11-5-3-4-9(14(11)21)8-15-17-12(19)6-10-7-13(20)18-16-10/h3-6,8,16,21H,2,7H2,1H3,(H,17,19)(H,18,20)/b10-6?,15-8+. The van der Waals surface area contributed by atoms with Crippen LogP contribution >= 0.6 is 0 Å². The summed E-state index contributed by atoms with van der Waals surface area (Å²) in [6.45, 7) is 2.24. The van der Waals surface area contributed by atoms with Gasteiger partial charge in [0.2, 0.25) is 5.91 Å². The number of hydrazine groups is 1. The normalized spacial score (nSPS) is 15.7. The molecule has 8 nitrogen and oxygen atoms in total. The summed E-state index contributed by atoms with van der Waals surface area (Å²) in [4.78, 5) is 22.5. The Hall–Kier alpha value is -3.03. The van der Waals surface area contributed by atoms with Crippen LogP contribution in [0.2, 0.25) is 0 Å². The van der Waals surface area contributed by atoms with Crippen molar-refractivity contribution in [3.63, 3.8) is 0 Å². The van der Waals surface area contributed by atoms with Crippen LogP contribution < -0.4 is 21.0 Å². The lowest BCUT2D eigenvalue weighted by molar-refractivity contribution is -0.119. The van der Waals surface area contributed by atoms with Gasteiger partial charge in [0.15, 0.2) is 11.5 Å². The molecule has 1 aliphatic rings. The van der Waals surface area contributed by atoms with Crippen LogP contribution in [0.5, 0.6) is 11.5 Å². The Balaban J connectivity index is 1.96. The van der Waals surface area contributed by atoms with E-state index in [0.29, 0.717) is 23.6 Å². The highest BCUT2D eigenvalue weighted by Gasteiger charge is 2.14. The minimum absolute atomic E-state index is 0.0482. The van der Waals surface area contributed by atoms with Crippen LogP contribution in [-0.2, 0) is 9.59 Å². The number of hydrogen-bond acceptors (Lipinski definition) is 6. The van der Waals surface area contributed by atoms with Gasteiger partial charge in [-0.2, -0.15) is 5.10 Å². The number of amides is 2. The number of phenols is 1. The van der Waals surface area contributed by atoms with Crippen LogP contribution in [0.15, 0.2) is 35.1 Å². The number of hydrazone groups is 1. The minimum atomic E-state index is -0.490. The Morgan fingerprint density at radius 1 is 1.50 bits per heavy atom. The topological polar surface area (TPSA) is 112 Å². The molecule has 0 bridgehead atoms. The maximum atomic E-state index is 11.6. The molecule has 22 heavy (non-hydrogen) atoms. The van der Waals surface area contributed by atoms with E-state index in [9.17, 15) is 14.7 Å². The lowest BCUT2D eigenvalue weighted by Crippen LogP contribution is -2.25. The number of carbonyl (C=O) groups excluding carboxylic acids is 2. The molecule has 1 aliphatic heterocycles. The molecule has 0 radical (unpaired) electrons. The molecule has 0 saturated carbocycles. The number of para-hydroxylation sites is 1. The maximum absolute atomic E-state index is 11.6. The molecule has 1 aromatic rings. The van der Waals surface area contributed by atoms with Crippen LogP contribution in [0.1, 0.15) is 18.9 Å². The third-order valence-corrected chi connectivity index (χ3v) is 2.73. The van der Waals surface area contributed by atoms with Gasteiger partial charge in [-0.15, -0.1) is 0 Å². The smallest absolute Gasteiger partial charge is 0.265 e. The molecule has 1 aromatic carbocycles. The highest BCUT2D eigenvalue weighted by molar-refractivity contribution is 5.92. The van der Waals surface area contributed by atoms with E-state index in [-0.39, 0.29) is 18.1 Å². The molecular weight excluding hydrogens is 288 g/mol. The molecule has 0 unspecified atom stereocenters. The van der Waals surface area contributed by atoms with Crippen molar-refractivity contribution in [2.75, 3.05) is 6.61 Å². The van der Waals surface area contributed by atoms with Crippen molar-refractivity contribution in [3.05, 3.63) is 35.5 Å². The van der Waals surface area contributed by atoms with E-state index in [1.807, 2.05) is 6.92 Å². The average Bonchev–Trinajstić information content (AvgIpc) is 2.88. The number of nitrogens with one attached hydrogen (secondary N) is 3. The van der Waals surface area contributed by atoms with Gasteiger partial charge in [0.25, 0.3) is 5.91 Å². The SMILES string of the molecule is CCOc1cccc(/C=N/NC(=O)C=C2CC(=O)NN2)c1O. The summed E-state index contributed by atoms with van der Waals surface area (Å²) in [5.41, 5.74) is 8.07. The molecule has 116 valence electrons. The minimum Gasteiger partial charge on any atom is -0.504 e. The molecular formula is C14H16N4O4. The third-order valence-electron chi connectivity index (χ3n) is 2.73. The summed E-state index contributed by atoms with van der Waals surface area (Å²) in [6, 6.07) is 4.97. The number of benzene rings is 1. The van der Waals surface area contributed by atoms with Crippen molar-refractivity contribution in [2.45, 2.75) is 13.3 Å². The monoisotopic (exact) mass is 304 g/mol. The zero-order chi connectivity index (χ0) is 15.9. The first kappa shape index (κ1) is 15.4. The van der Waals surface area contributed by atoms with E-state index in [4.69, 9.17) is 4.74 Å². The summed E-state index contributed by atoms with van der Waals surface area (Å²) >= 11 is 0. The number of hydrogen-bond donors (Lipinski definition) is 4. The maximum Gasteiger partial charge on any atom is 0.265 e. The van der Waals surface area contributed by atoms with Crippen LogP contribution in [-0.4, -0.2) is 29.7 Å². The summed E-state index contributed by atoms with van der Waals surface area (Å²) in [5, 5.41) is 13.7. The fourth-order valence-corrected chi connectivity index (χ4v) is 1.77. The van der Waals surface area contributed by atoms with E-state index < -0.39 is 5.91 Å². The Morgan fingerprint density at radius 3 is 3.00 bits per heavy atom. The quantitative estimate of drug-likeness (QED) is 0.351. The van der Waals surface area contributed by atoms with Crippen molar-refractivity contribution in [2.24, 2.45) is 5.10 Å². The zero-order valence-electron chi connectivity index (χ0n) is 11.9. The molecule has 1 heterocycles. The van der Waals surface area contributed by atoms with Crippen molar-refractivity contribution in [1.82, 2.24) is 16.3 Å². The lowest BCUT2D eigenvalue weighted by atomic mass is 10.2. The first-order valence-corrected chi connectivity index (χ1v) is 6.63. The number of nitrogens with zero attached hydrogens (tertiary/aromatic N) is 1. The lowest BCUT2D eigenvalue weighted by Gasteiger charge is -2.06. The van der Waals surface area contributed by atoms with Gasteiger partial charge >= 0.3 is 0 Å². The van der Waals surface area contributed by atoms with Crippen molar-refractivity contribution < 1.29 is 19.4 Å². The number of phenolic OH excluding ortho intramolecular Hbond substituents is 1. The average molecular weight is 304 g/mol. The fourth-order valence-electron chi connectivity index (χ4n) is 1.77. The number of aromatic hydroxyl groups is 1. The van der Waals surface area contributed by atoms with E-state index in [2.05, 4.69) is 21.4 Å². The number of rotatable bonds is 5. The predicted octanol–water partition coefficient (Wildman–Crippen LogP) is 0.149. The second kappa shape index (κ2) is 7.11. The molecule has 0 spiro atoms. The zero-order valence-corrected chi connectivity index (χ0v) is 11.9. The second-order valence-corrected chi connectivity index (χ2v) is 4.38. The number of ether oxygens (including phenoxy) is 1. The van der Waals surface area contributed by atoms with Crippen LogP contribution in [0, 0.1) is 0 Å². The first-order valence-electron chi connectivity index (χ1n) is 6.63. The molecule has 2 rings (SSSR count). The van der Waals surface area contributed by atoms with Gasteiger partial charge in [0.05, 0.1) is 19.2 Å². The van der Waals surface area contributed by atoms with E-state index in [0.717, 1.165) is 0 Å². The molecule has 8 heteroatoms. The van der Waals surface area contributed by atoms with Crippen molar-refractivity contribution >= 4 is 18.0 Å². The molecule has 4 N–H and O–H groups in total. The molecule has 1 saturated heterocycles. The second-order valence-electron chi connectivity index (χ2n) is 4.38. The Bertz CT molecular complexity index is 640. The molecule has 0 atom stereocenters. The van der Waals surface area contributed by atoms with Crippen LogP contribution in [0.3, 0.4) is 0 Å². The van der Waals surface area contributed by atoms with Crippen LogP contribution in [0.4, 0.5) is 0 Å². The molecule has 0 aliphatic carbocycles. The summed E-state index contributed by atoms with van der Waals surface area (Å²) in [7, 11) is 0.